The molecular formula is C14H22N2. The van der Waals surface area contributed by atoms with Gasteiger partial charge in [-0.15, -0.1) is 0 Å². The first-order valence-electron chi connectivity index (χ1n) is 6.02. The Morgan fingerprint density at radius 2 is 1.81 bits per heavy atom. The van der Waals surface area contributed by atoms with Crippen LogP contribution < -0.4 is 4.57 Å². The molecule has 0 aromatic carbocycles. The summed E-state index contributed by atoms with van der Waals surface area (Å²) in [5, 5.41) is 6.25. The van der Waals surface area contributed by atoms with E-state index < -0.39 is 0 Å². The molecule has 1 rings (SSSR count). The molecule has 0 saturated carbocycles. The van der Waals surface area contributed by atoms with Crippen molar-refractivity contribution in [3.05, 3.63) is 36.7 Å². The Hall–Kier alpha value is -1.36. The minimum Gasteiger partial charge on any atom is -0.512 e. The summed E-state index contributed by atoms with van der Waals surface area (Å²) in [5.74, 6) is 0. The van der Waals surface area contributed by atoms with E-state index in [2.05, 4.69) is 42.8 Å². The van der Waals surface area contributed by atoms with Crippen LogP contribution in [0.1, 0.15) is 44.7 Å². The Bertz CT molecular complexity index is 292. The van der Waals surface area contributed by atoms with Crippen molar-refractivity contribution in [2.45, 2.75) is 52.5 Å². The lowest BCUT2D eigenvalue weighted by atomic mass is 10.1. The van der Waals surface area contributed by atoms with Crippen molar-refractivity contribution in [3.8, 4) is 0 Å². The first-order chi connectivity index (χ1) is 7.84. The number of aryl methyl sites for hydroxylation is 2. The van der Waals surface area contributed by atoms with Crippen LogP contribution in [-0.2, 0) is 6.54 Å². The van der Waals surface area contributed by atoms with E-state index in [4.69, 9.17) is 11.8 Å². The third-order valence-electron chi connectivity index (χ3n) is 2.67. The van der Waals surface area contributed by atoms with Crippen molar-refractivity contribution in [2.24, 2.45) is 0 Å². The van der Waals surface area contributed by atoms with E-state index in [-0.39, 0.29) is 0 Å². The van der Waals surface area contributed by atoms with Gasteiger partial charge in [0.25, 0.3) is 0 Å². The van der Waals surface area contributed by atoms with Gasteiger partial charge in [0.05, 0.1) is 0 Å². The Labute approximate surface area is 99.5 Å². The van der Waals surface area contributed by atoms with Gasteiger partial charge >= 0.3 is 0 Å². The van der Waals surface area contributed by atoms with Crippen LogP contribution in [0.25, 0.3) is 0 Å². The highest BCUT2D eigenvalue weighted by molar-refractivity contribution is 4.93. The predicted octanol–water partition coefficient (Wildman–Crippen LogP) is 3.35. The molecule has 0 bridgehead atoms. The van der Waals surface area contributed by atoms with E-state index in [1.54, 1.807) is 0 Å². The van der Waals surface area contributed by atoms with Crippen molar-refractivity contribution in [3.63, 3.8) is 0 Å². The molecule has 0 amide bonds. The molecule has 2 nitrogen and oxygen atoms in total. The van der Waals surface area contributed by atoms with Gasteiger partial charge in [0.15, 0.2) is 11.9 Å². The van der Waals surface area contributed by atoms with E-state index in [9.17, 15) is 0 Å². The fraction of sp³-hybridized carbons (Fsp3) is 0.571. The maximum Gasteiger partial charge on any atom is 0.178 e. The summed E-state index contributed by atoms with van der Waals surface area (Å²) in [6.07, 6.45) is 8.97. The van der Waals surface area contributed by atoms with Crippen LogP contribution in [0.3, 0.4) is 0 Å². The van der Waals surface area contributed by atoms with Gasteiger partial charge in [-0.1, -0.05) is 32.3 Å². The Morgan fingerprint density at radius 1 is 1.12 bits per heavy atom. The lowest BCUT2D eigenvalue weighted by Gasteiger charge is -2.00. The van der Waals surface area contributed by atoms with Gasteiger partial charge in [0.2, 0.25) is 0 Å². The molecule has 0 aliphatic carbocycles. The summed E-state index contributed by atoms with van der Waals surface area (Å²) in [5.41, 5.74) is 1.36. The fourth-order valence-electron chi connectivity index (χ4n) is 1.70. The summed E-state index contributed by atoms with van der Waals surface area (Å²) in [6, 6.07) is 6.38. The quantitative estimate of drug-likeness (QED) is 0.409. The second-order valence-electron chi connectivity index (χ2n) is 3.95. The van der Waals surface area contributed by atoms with Crippen LogP contribution in [0.4, 0.5) is 0 Å². The minimum atomic E-state index is 1.18. The average molecular weight is 218 g/mol. The zero-order valence-electron chi connectivity index (χ0n) is 10.4. The van der Waals surface area contributed by atoms with Gasteiger partial charge in [-0.25, -0.2) is 4.57 Å². The predicted molar refractivity (Wildman–Crippen MR) is 65.1 cm³/mol. The summed E-state index contributed by atoms with van der Waals surface area (Å²) < 4.78 is 2.34. The van der Waals surface area contributed by atoms with Crippen LogP contribution >= 0.6 is 0 Å². The van der Waals surface area contributed by atoms with Crippen LogP contribution in [-0.4, -0.2) is 0 Å². The Morgan fingerprint density at radius 3 is 2.44 bits per heavy atom. The Kier molecular flexibility index (Phi) is 9.30. The number of hydrogen-bond acceptors (Lipinski definition) is 1. The Balaban J connectivity index is 0.00000106. The molecule has 2 heteroatoms. The monoisotopic (exact) mass is 218 g/mol. The molecule has 0 spiro atoms. The van der Waals surface area contributed by atoms with Crippen LogP contribution in [0.2, 0.25) is 0 Å². The van der Waals surface area contributed by atoms with Crippen LogP contribution in [0.15, 0.2) is 24.4 Å². The molecule has 0 atom stereocenters. The van der Waals surface area contributed by atoms with E-state index in [0.717, 1.165) is 0 Å². The largest absolute Gasteiger partial charge is 0.512 e. The molecule has 0 N–H and O–H groups in total. The standard InChI is InChI=1S/C13H22N.CN/c1-3-4-5-6-8-11-14-12-9-7-10-13(14)2;1-2/h7,9-10,12H,3-6,8,11H2,1-2H3;/q+1;-1. The van der Waals surface area contributed by atoms with E-state index in [0.29, 0.717) is 0 Å². The van der Waals surface area contributed by atoms with Crippen molar-refractivity contribution >= 4 is 0 Å². The first kappa shape index (κ1) is 14.6. The molecule has 16 heavy (non-hydrogen) atoms. The van der Waals surface area contributed by atoms with Gasteiger partial charge in [-0.05, 0) is 6.42 Å². The molecule has 1 aromatic rings. The number of nitrogens with zero attached hydrogens (tertiary/aromatic N) is 2. The van der Waals surface area contributed by atoms with Crippen molar-refractivity contribution in [1.29, 1.82) is 5.26 Å². The third-order valence-corrected chi connectivity index (χ3v) is 2.67. The zero-order valence-corrected chi connectivity index (χ0v) is 10.4. The molecule has 0 unspecified atom stereocenters. The van der Waals surface area contributed by atoms with Gasteiger partial charge < -0.3 is 11.8 Å². The third kappa shape index (κ3) is 6.19. The lowest BCUT2D eigenvalue weighted by Crippen LogP contribution is -2.36. The molecule has 0 aliphatic heterocycles. The number of aromatic nitrogens is 1. The smallest absolute Gasteiger partial charge is 0.178 e. The fourth-order valence-corrected chi connectivity index (χ4v) is 1.70. The number of unbranched alkanes of at least 4 members (excludes halogenated alkanes) is 4. The summed E-state index contributed by atoms with van der Waals surface area (Å²) in [7, 11) is 0. The molecular weight excluding hydrogens is 196 g/mol. The minimum absolute atomic E-state index is 1.18. The molecule has 0 fully saturated rings. The normalized spacial score (nSPS) is 9.25. The molecule has 0 aliphatic rings. The highest BCUT2D eigenvalue weighted by atomic mass is 14.9. The highest BCUT2D eigenvalue weighted by Crippen LogP contribution is 2.02. The second-order valence-corrected chi connectivity index (χ2v) is 3.95. The average Bonchev–Trinajstić information content (AvgIpc) is 2.34. The van der Waals surface area contributed by atoms with E-state index >= 15 is 0 Å². The van der Waals surface area contributed by atoms with E-state index in [1.807, 2.05) is 0 Å². The molecule has 0 radical (unpaired) electrons. The molecule has 0 saturated heterocycles. The molecule has 1 heterocycles. The SMILES string of the molecule is CCCCCCC[n+]1ccccc1C.[C-]#N. The van der Waals surface area contributed by atoms with Crippen molar-refractivity contribution in [1.82, 2.24) is 0 Å². The second kappa shape index (κ2) is 10.2. The lowest BCUT2D eigenvalue weighted by molar-refractivity contribution is -0.703. The number of rotatable bonds is 6. The maximum atomic E-state index is 6.25. The topological polar surface area (TPSA) is 27.7 Å². The first-order valence-corrected chi connectivity index (χ1v) is 6.02. The van der Waals surface area contributed by atoms with Crippen molar-refractivity contribution < 1.29 is 4.57 Å². The van der Waals surface area contributed by atoms with Gasteiger partial charge in [0, 0.05) is 25.5 Å². The number of pyridine rings is 1. The van der Waals surface area contributed by atoms with Gasteiger partial charge in [-0.3, -0.25) is 0 Å². The highest BCUT2D eigenvalue weighted by Gasteiger charge is 2.02. The zero-order chi connectivity index (χ0) is 12.2. The summed E-state index contributed by atoms with van der Waals surface area (Å²) >= 11 is 0. The van der Waals surface area contributed by atoms with Crippen LogP contribution in [0, 0.1) is 18.8 Å². The van der Waals surface area contributed by atoms with E-state index in [1.165, 1.54) is 44.3 Å². The summed E-state index contributed by atoms with van der Waals surface area (Å²) in [4.78, 5) is 0. The summed E-state index contributed by atoms with van der Waals surface area (Å²) in [6.45, 7) is 10.4. The number of hydrogen-bond donors (Lipinski definition) is 0. The van der Waals surface area contributed by atoms with Gasteiger partial charge in [-0.2, -0.15) is 0 Å². The van der Waals surface area contributed by atoms with Crippen molar-refractivity contribution in [2.75, 3.05) is 0 Å². The molecule has 1 aromatic heterocycles. The molecule has 88 valence electrons. The van der Waals surface area contributed by atoms with Crippen LogP contribution in [0.5, 0.6) is 0 Å². The maximum absolute atomic E-state index is 6.25. The van der Waals surface area contributed by atoms with Gasteiger partial charge in [0.1, 0.15) is 6.54 Å².